The molecule has 0 aliphatic heterocycles. The minimum Gasteiger partial charge on any atom is -0.481 e. The molecule has 0 aromatic heterocycles. The molecule has 0 spiro atoms. The summed E-state index contributed by atoms with van der Waals surface area (Å²) in [4.78, 5) is 23.2. The van der Waals surface area contributed by atoms with Gasteiger partial charge in [0.05, 0.1) is 0 Å². The molecule has 1 aliphatic carbocycles. The van der Waals surface area contributed by atoms with Crippen molar-refractivity contribution < 1.29 is 19.4 Å². The first-order valence-corrected chi connectivity index (χ1v) is 7.97. The Morgan fingerprint density at radius 1 is 1.30 bits per heavy atom. The zero-order valence-corrected chi connectivity index (χ0v) is 14.2. The van der Waals surface area contributed by atoms with Crippen LogP contribution in [0.1, 0.15) is 54.6 Å². The number of carboxylic acids is 1. The van der Waals surface area contributed by atoms with Crippen molar-refractivity contribution in [2.24, 2.45) is 5.41 Å². The van der Waals surface area contributed by atoms with E-state index >= 15 is 0 Å². The second kappa shape index (κ2) is 6.60. The number of hydrogen-bond acceptors (Lipinski definition) is 3. The lowest BCUT2D eigenvalue weighted by molar-refractivity contribution is -0.139. The third kappa shape index (κ3) is 4.03. The lowest BCUT2D eigenvalue weighted by Gasteiger charge is -2.28. The minimum atomic E-state index is -1.02. The molecule has 126 valence electrons. The molecule has 0 radical (unpaired) electrons. The Labute approximate surface area is 137 Å². The van der Waals surface area contributed by atoms with Crippen molar-refractivity contribution in [3.05, 3.63) is 28.8 Å². The molecule has 5 nitrogen and oxygen atoms in total. The summed E-state index contributed by atoms with van der Waals surface area (Å²) in [5.74, 6) is -0.569. The van der Waals surface area contributed by atoms with Gasteiger partial charge in [0.25, 0.3) is 5.91 Å². The van der Waals surface area contributed by atoms with Gasteiger partial charge in [-0.15, -0.1) is 0 Å². The van der Waals surface area contributed by atoms with Gasteiger partial charge >= 0.3 is 5.97 Å². The van der Waals surface area contributed by atoms with Gasteiger partial charge in [-0.3, -0.25) is 4.79 Å². The van der Waals surface area contributed by atoms with Crippen LogP contribution in [0.2, 0.25) is 0 Å². The van der Waals surface area contributed by atoms with Crippen molar-refractivity contribution in [2.45, 2.75) is 53.0 Å². The number of nitrogens with one attached hydrogen (secondary N) is 1. The van der Waals surface area contributed by atoms with E-state index in [4.69, 9.17) is 9.84 Å². The fourth-order valence-corrected chi connectivity index (χ4v) is 3.28. The van der Waals surface area contributed by atoms with E-state index in [9.17, 15) is 9.59 Å². The van der Waals surface area contributed by atoms with Gasteiger partial charge in [-0.1, -0.05) is 20.3 Å². The summed E-state index contributed by atoms with van der Waals surface area (Å²) >= 11 is 0. The first kappa shape index (κ1) is 17.3. The quantitative estimate of drug-likeness (QED) is 0.874. The largest absolute Gasteiger partial charge is 0.481 e. The van der Waals surface area contributed by atoms with Crippen molar-refractivity contribution in [3.63, 3.8) is 0 Å². The first-order valence-electron chi connectivity index (χ1n) is 7.97. The Balaban J connectivity index is 2.14. The van der Waals surface area contributed by atoms with Crippen LogP contribution in [0.4, 0.5) is 0 Å². The standard InChI is InChI=1S/C18H25NO4/c1-11-8-13(9-12(2)16(11)23-10-15(20)21)17(22)19-14-6-5-7-18(14,3)4/h8-9,14H,5-7,10H2,1-4H3,(H,19,22)(H,20,21). The number of aliphatic carboxylic acids is 1. The average Bonchev–Trinajstić information content (AvgIpc) is 2.76. The molecule has 2 rings (SSSR count). The number of carbonyl (C=O) groups is 2. The molecular weight excluding hydrogens is 294 g/mol. The number of hydrogen-bond donors (Lipinski definition) is 2. The highest BCUT2D eigenvalue weighted by atomic mass is 16.5. The molecule has 1 aliphatic rings. The first-order chi connectivity index (χ1) is 10.7. The zero-order chi connectivity index (χ0) is 17.2. The number of rotatable bonds is 5. The summed E-state index contributed by atoms with van der Waals surface area (Å²) in [7, 11) is 0. The maximum atomic E-state index is 12.5. The maximum Gasteiger partial charge on any atom is 0.341 e. The summed E-state index contributed by atoms with van der Waals surface area (Å²) in [6.45, 7) is 7.62. The van der Waals surface area contributed by atoms with Gasteiger partial charge in [-0.2, -0.15) is 0 Å². The molecule has 1 aromatic rings. The summed E-state index contributed by atoms with van der Waals surface area (Å²) < 4.78 is 5.30. The molecule has 1 saturated carbocycles. The SMILES string of the molecule is Cc1cc(C(=O)NC2CCCC2(C)C)cc(C)c1OCC(=O)O. The zero-order valence-electron chi connectivity index (χ0n) is 14.2. The van der Waals surface area contributed by atoms with E-state index in [0.717, 1.165) is 30.4 Å². The molecule has 1 amide bonds. The van der Waals surface area contributed by atoms with Crippen molar-refractivity contribution in [3.8, 4) is 5.75 Å². The van der Waals surface area contributed by atoms with E-state index < -0.39 is 5.97 Å². The normalized spacial score (nSPS) is 19.4. The summed E-state index contributed by atoms with van der Waals surface area (Å²) in [6, 6.07) is 3.70. The molecule has 1 unspecified atom stereocenters. The van der Waals surface area contributed by atoms with E-state index in [1.807, 2.05) is 13.8 Å². The predicted octanol–water partition coefficient (Wildman–Crippen LogP) is 3.08. The van der Waals surface area contributed by atoms with E-state index in [-0.39, 0.29) is 24.0 Å². The van der Waals surface area contributed by atoms with Gasteiger partial charge in [0.1, 0.15) is 5.75 Å². The highest BCUT2D eigenvalue weighted by molar-refractivity contribution is 5.95. The molecule has 0 bridgehead atoms. The number of aryl methyl sites for hydroxylation is 2. The summed E-state index contributed by atoms with van der Waals surface area (Å²) in [5.41, 5.74) is 2.25. The lowest BCUT2D eigenvalue weighted by Crippen LogP contribution is -2.41. The van der Waals surface area contributed by atoms with Crippen molar-refractivity contribution in [1.29, 1.82) is 0 Å². The number of benzene rings is 1. The third-order valence-electron chi connectivity index (χ3n) is 4.63. The van der Waals surface area contributed by atoms with Crippen LogP contribution in [0.25, 0.3) is 0 Å². The summed E-state index contributed by atoms with van der Waals surface area (Å²) in [5, 5.41) is 11.9. The molecule has 5 heteroatoms. The van der Waals surface area contributed by atoms with Crippen LogP contribution < -0.4 is 10.1 Å². The van der Waals surface area contributed by atoms with Gasteiger partial charge in [0.15, 0.2) is 6.61 Å². The molecule has 23 heavy (non-hydrogen) atoms. The van der Waals surface area contributed by atoms with Crippen LogP contribution in [0.15, 0.2) is 12.1 Å². The van der Waals surface area contributed by atoms with E-state index in [2.05, 4.69) is 19.2 Å². The molecule has 1 atom stereocenters. The fraction of sp³-hybridized carbons (Fsp3) is 0.556. The van der Waals surface area contributed by atoms with Gasteiger partial charge in [-0.05, 0) is 55.4 Å². The average molecular weight is 319 g/mol. The monoisotopic (exact) mass is 319 g/mol. The smallest absolute Gasteiger partial charge is 0.341 e. The molecular formula is C18H25NO4. The van der Waals surface area contributed by atoms with Gasteiger partial charge in [0.2, 0.25) is 0 Å². The Morgan fingerprint density at radius 3 is 2.39 bits per heavy atom. The van der Waals surface area contributed by atoms with E-state index in [0.29, 0.717) is 11.3 Å². The molecule has 1 aromatic carbocycles. The second-order valence-corrected chi connectivity index (χ2v) is 7.03. The van der Waals surface area contributed by atoms with Gasteiger partial charge in [0, 0.05) is 11.6 Å². The topological polar surface area (TPSA) is 75.6 Å². The Bertz CT molecular complexity index is 598. The van der Waals surface area contributed by atoms with E-state index in [1.54, 1.807) is 12.1 Å². The highest BCUT2D eigenvalue weighted by Gasteiger charge is 2.35. The molecule has 2 N–H and O–H groups in total. The van der Waals surface area contributed by atoms with Crippen molar-refractivity contribution in [2.75, 3.05) is 6.61 Å². The third-order valence-corrected chi connectivity index (χ3v) is 4.63. The van der Waals surface area contributed by atoms with Crippen LogP contribution in [0.3, 0.4) is 0 Å². The number of carboxylic acid groups (broad SMARTS) is 1. The molecule has 0 saturated heterocycles. The van der Waals surface area contributed by atoms with Crippen LogP contribution >= 0.6 is 0 Å². The Morgan fingerprint density at radius 2 is 1.91 bits per heavy atom. The maximum absolute atomic E-state index is 12.5. The van der Waals surface area contributed by atoms with Crippen molar-refractivity contribution >= 4 is 11.9 Å². The molecule has 1 fully saturated rings. The number of amides is 1. The Hall–Kier alpha value is -2.04. The second-order valence-electron chi connectivity index (χ2n) is 7.03. The summed E-state index contributed by atoms with van der Waals surface area (Å²) in [6.07, 6.45) is 3.27. The van der Waals surface area contributed by atoms with Crippen LogP contribution in [-0.4, -0.2) is 29.6 Å². The lowest BCUT2D eigenvalue weighted by atomic mass is 9.87. The highest BCUT2D eigenvalue weighted by Crippen LogP contribution is 2.37. The molecule has 0 heterocycles. The van der Waals surface area contributed by atoms with E-state index in [1.165, 1.54) is 0 Å². The van der Waals surface area contributed by atoms with Crippen molar-refractivity contribution in [1.82, 2.24) is 5.32 Å². The number of ether oxygens (including phenoxy) is 1. The minimum absolute atomic E-state index is 0.0824. The Kier molecular flexibility index (Phi) is 4.97. The van der Waals surface area contributed by atoms with Crippen LogP contribution in [0.5, 0.6) is 5.75 Å². The predicted molar refractivity (Wildman–Crippen MR) is 87.9 cm³/mol. The fourth-order valence-electron chi connectivity index (χ4n) is 3.28. The van der Waals surface area contributed by atoms with Gasteiger partial charge < -0.3 is 15.2 Å². The van der Waals surface area contributed by atoms with Gasteiger partial charge in [-0.25, -0.2) is 4.79 Å². The van der Waals surface area contributed by atoms with Crippen LogP contribution in [0, 0.1) is 19.3 Å². The number of carbonyl (C=O) groups excluding carboxylic acids is 1. The van der Waals surface area contributed by atoms with Crippen LogP contribution in [-0.2, 0) is 4.79 Å².